The van der Waals surface area contributed by atoms with Crippen LogP contribution in [0.1, 0.15) is 69.8 Å². The van der Waals surface area contributed by atoms with Crippen molar-refractivity contribution in [3.63, 3.8) is 0 Å². The summed E-state index contributed by atoms with van der Waals surface area (Å²) in [6.45, 7) is 2.57. The Morgan fingerprint density at radius 2 is 2.00 bits per heavy atom. The van der Waals surface area contributed by atoms with Gasteiger partial charge >= 0.3 is 0 Å². The van der Waals surface area contributed by atoms with Crippen molar-refractivity contribution in [3.05, 3.63) is 65.5 Å². The molecule has 0 saturated heterocycles. The van der Waals surface area contributed by atoms with E-state index < -0.39 is 0 Å². The van der Waals surface area contributed by atoms with Crippen LogP contribution >= 0.6 is 0 Å². The summed E-state index contributed by atoms with van der Waals surface area (Å²) in [5.41, 5.74) is 6.08. The summed E-state index contributed by atoms with van der Waals surface area (Å²) in [6.07, 6.45) is 18.4. The molecule has 0 bridgehead atoms. The van der Waals surface area contributed by atoms with Gasteiger partial charge in [0.15, 0.2) is 0 Å². The van der Waals surface area contributed by atoms with E-state index in [0.717, 1.165) is 30.9 Å². The lowest BCUT2D eigenvalue weighted by Gasteiger charge is -2.44. The first kappa shape index (κ1) is 19.3. The van der Waals surface area contributed by atoms with Crippen LogP contribution in [-0.4, -0.2) is 15.9 Å². The fraction of sp³-hybridized carbons (Fsp3) is 0.500. The molecular weight excluding hydrogens is 380 g/mol. The van der Waals surface area contributed by atoms with E-state index in [9.17, 15) is 5.21 Å². The summed E-state index contributed by atoms with van der Waals surface area (Å²) in [7, 11) is 0. The van der Waals surface area contributed by atoms with E-state index >= 15 is 0 Å². The smallest absolute Gasteiger partial charge is 0.0580 e. The van der Waals surface area contributed by atoms with Gasteiger partial charge in [0.2, 0.25) is 0 Å². The summed E-state index contributed by atoms with van der Waals surface area (Å²) in [4.78, 5) is 4.35. The molecular formula is C28H32N2O. The number of aromatic nitrogens is 1. The van der Waals surface area contributed by atoms with Crippen molar-refractivity contribution in [2.75, 3.05) is 0 Å². The SMILES string of the molecule is CC12CC=C3C=C4CC/C(=N/O)CC4CCC3C1CCC2c1ccc2ccncc2c1. The van der Waals surface area contributed by atoms with Gasteiger partial charge in [0, 0.05) is 17.8 Å². The van der Waals surface area contributed by atoms with Gasteiger partial charge in [-0.3, -0.25) is 4.98 Å². The van der Waals surface area contributed by atoms with Crippen molar-refractivity contribution in [3.8, 4) is 0 Å². The molecule has 2 saturated carbocycles. The Morgan fingerprint density at radius 1 is 1.06 bits per heavy atom. The van der Waals surface area contributed by atoms with E-state index in [1.165, 1.54) is 48.4 Å². The lowest BCUT2D eigenvalue weighted by atomic mass is 9.60. The number of allylic oxidation sites excluding steroid dienone is 4. The molecule has 4 aliphatic rings. The summed E-state index contributed by atoms with van der Waals surface area (Å²) in [6, 6.07) is 9.17. The standard InChI is InChI=1S/C28H32N2O/c1-28-12-10-21-14-19-4-6-24(30-31)16-20(19)5-7-25(21)27(28)9-8-26(28)22-3-2-18-11-13-29-17-23(18)15-22/h2-3,10-11,13-15,17,20,25-27,31H,4-9,12,16H2,1H3/b30-24-. The van der Waals surface area contributed by atoms with Crippen molar-refractivity contribution < 1.29 is 5.21 Å². The molecule has 0 radical (unpaired) electrons. The lowest BCUT2D eigenvalue weighted by molar-refractivity contribution is 0.137. The number of hydrogen-bond donors (Lipinski definition) is 1. The fourth-order valence-electron chi connectivity index (χ4n) is 7.51. The second-order valence-corrected chi connectivity index (χ2v) is 10.6. The number of benzene rings is 1. The van der Waals surface area contributed by atoms with Gasteiger partial charge in [-0.25, -0.2) is 0 Å². The van der Waals surface area contributed by atoms with E-state index in [2.05, 4.69) is 53.5 Å². The van der Waals surface area contributed by atoms with Crippen LogP contribution in [0.3, 0.4) is 0 Å². The summed E-state index contributed by atoms with van der Waals surface area (Å²) in [5.74, 6) is 2.68. The van der Waals surface area contributed by atoms with Crippen LogP contribution in [0.2, 0.25) is 0 Å². The quantitative estimate of drug-likeness (QED) is 0.403. The number of pyridine rings is 1. The number of nitrogens with zero attached hydrogens (tertiary/aromatic N) is 2. The average molecular weight is 413 g/mol. The Labute approximate surface area is 185 Å². The van der Waals surface area contributed by atoms with Gasteiger partial charge < -0.3 is 5.21 Å². The number of fused-ring (bicyclic) bond motifs is 5. The largest absolute Gasteiger partial charge is 0.411 e. The molecule has 31 heavy (non-hydrogen) atoms. The third-order valence-electron chi connectivity index (χ3n) is 9.20. The molecule has 3 heteroatoms. The van der Waals surface area contributed by atoms with Crippen molar-refractivity contribution in [1.82, 2.24) is 4.98 Å². The Hall–Kier alpha value is -2.42. The molecule has 5 atom stereocenters. The highest BCUT2D eigenvalue weighted by Gasteiger charge is 2.52. The van der Waals surface area contributed by atoms with Crippen LogP contribution < -0.4 is 0 Å². The van der Waals surface area contributed by atoms with Gasteiger partial charge in [-0.2, -0.15) is 0 Å². The molecule has 2 fully saturated rings. The van der Waals surface area contributed by atoms with Gasteiger partial charge in [-0.05, 0) is 109 Å². The zero-order chi connectivity index (χ0) is 21.0. The van der Waals surface area contributed by atoms with Crippen molar-refractivity contribution in [2.45, 2.75) is 64.2 Å². The van der Waals surface area contributed by atoms with Crippen LogP contribution in [0, 0.1) is 23.2 Å². The second kappa shape index (κ2) is 7.32. The second-order valence-electron chi connectivity index (χ2n) is 10.6. The summed E-state index contributed by atoms with van der Waals surface area (Å²) < 4.78 is 0. The van der Waals surface area contributed by atoms with Gasteiger partial charge in [-0.15, -0.1) is 0 Å². The molecule has 0 amide bonds. The summed E-state index contributed by atoms with van der Waals surface area (Å²) >= 11 is 0. The Bertz CT molecular complexity index is 1110. The zero-order valence-corrected chi connectivity index (χ0v) is 18.4. The highest BCUT2D eigenvalue weighted by atomic mass is 16.4. The van der Waals surface area contributed by atoms with Crippen LogP contribution in [0.15, 0.2) is 65.1 Å². The maximum atomic E-state index is 9.27. The van der Waals surface area contributed by atoms with Crippen LogP contribution in [0.25, 0.3) is 10.8 Å². The topological polar surface area (TPSA) is 45.5 Å². The molecule has 5 unspecified atom stereocenters. The maximum Gasteiger partial charge on any atom is 0.0580 e. The Balaban J connectivity index is 1.31. The third kappa shape index (κ3) is 3.08. The van der Waals surface area contributed by atoms with Crippen molar-refractivity contribution in [1.29, 1.82) is 0 Å². The minimum atomic E-state index is 0.343. The molecule has 6 rings (SSSR count). The van der Waals surface area contributed by atoms with Gasteiger partial charge in [0.25, 0.3) is 0 Å². The first-order chi connectivity index (χ1) is 15.2. The molecule has 1 aromatic carbocycles. The minimum absolute atomic E-state index is 0.343. The normalized spacial score (nSPS) is 36.2. The van der Waals surface area contributed by atoms with E-state index in [-0.39, 0.29) is 0 Å². The molecule has 1 aromatic heterocycles. The van der Waals surface area contributed by atoms with E-state index in [0.29, 0.717) is 23.2 Å². The Kier molecular flexibility index (Phi) is 4.55. The van der Waals surface area contributed by atoms with Gasteiger partial charge in [-0.1, -0.05) is 41.9 Å². The van der Waals surface area contributed by atoms with Crippen LogP contribution in [0.4, 0.5) is 0 Å². The predicted molar refractivity (Wildman–Crippen MR) is 125 cm³/mol. The molecule has 0 spiro atoms. The van der Waals surface area contributed by atoms with Crippen LogP contribution in [-0.2, 0) is 0 Å². The Morgan fingerprint density at radius 3 is 2.90 bits per heavy atom. The summed E-state index contributed by atoms with van der Waals surface area (Å²) in [5, 5.41) is 15.4. The van der Waals surface area contributed by atoms with E-state index in [1.54, 1.807) is 11.1 Å². The van der Waals surface area contributed by atoms with E-state index in [4.69, 9.17) is 0 Å². The van der Waals surface area contributed by atoms with Crippen molar-refractivity contribution >= 4 is 16.5 Å². The van der Waals surface area contributed by atoms with Crippen molar-refractivity contribution in [2.24, 2.45) is 28.3 Å². The molecule has 2 aromatic rings. The van der Waals surface area contributed by atoms with E-state index in [1.807, 2.05) is 12.4 Å². The number of rotatable bonds is 1. The first-order valence-electron chi connectivity index (χ1n) is 12.1. The fourth-order valence-corrected chi connectivity index (χ4v) is 7.51. The molecule has 1 N–H and O–H groups in total. The lowest BCUT2D eigenvalue weighted by Crippen LogP contribution is -2.35. The van der Waals surface area contributed by atoms with Gasteiger partial charge in [0.1, 0.15) is 0 Å². The average Bonchev–Trinajstić information content (AvgIpc) is 3.04. The third-order valence-corrected chi connectivity index (χ3v) is 9.20. The molecule has 4 aliphatic carbocycles. The molecule has 1 heterocycles. The monoisotopic (exact) mass is 412 g/mol. The first-order valence-corrected chi connectivity index (χ1v) is 12.1. The maximum absolute atomic E-state index is 9.27. The zero-order valence-electron chi connectivity index (χ0n) is 18.4. The van der Waals surface area contributed by atoms with Crippen LogP contribution in [0.5, 0.6) is 0 Å². The molecule has 0 aliphatic heterocycles. The number of oxime groups is 1. The molecule has 3 nitrogen and oxygen atoms in total. The minimum Gasteiger partial charge on any atom is -0.411 e. The van der Waals surface area contributed by atoms with Gasteiger partial charge in [0.05, 0.1) is 5.71 Å². The number of hydrogen-bond acceptors (Lipinski definition) is 3. The molecule has 160 valence electrons. The highest BCUT2D eigenvalue weighted by molar-refractivity contribution is 5.86. The highest BCUT2D eigenvalue weighted by Crippen LogP contribution is 2.62. The predicted octanol–water partition coefficient (Wildman–Crippen LogP) is 7.03.